The Labute approximate surface area is 124 Å². The van der Waals surface area contributed by atoms with E-state index in [4.69, 9.17) is 10.00 Å². The van der Waals surface area contributed by atoms with Crippen LogP contribution in [0.2, 0.25) is 0 Å². The van der Waals surface area contributed by atoms with E-state index in [0.717, 1.165) is 12.2 Å². The summed E-state index contributed by atoms with van der Waals surface area (Å²) in [5, 5.41) is 8.96. The van der Waals surface area contributed by atoms with E-state index >= 15 is 0 Å². The summed E-state index contributed by atoms with van der Waals surface area (Å²) in [7, 11) is 0. The minimum absolute atomic E-state index is 0.596. The van der Waals surface area contributed by atoms with Crippen LogP contribution in [-0.4, -0.2) is 12.4 Å². The second kappa shape index (κ2) is 7.62. The van der Waals surface area contributed by atoms with Crippen LogP contribution < -0.4 is 4.74 Å². The average Bonchev–Trinajstić information content (AvgIpc) is 2.49. The molecule has 3 heteroatoms. The zero-order valence-corrected chi connectivity index (χ0v) is 12.3. The van der Waals surface area contributed by atoms with Gasteiger partial charge in [0.1, 0.15) is 11.8 Å². The van der Waals surface area contributed by atoms with Crippen molar-refractivity contribution in [2.45, 2.75) is 18.2 Å². The van der Waals surface area contributed by atoms with E-state index in [1.165, 1.54) is 10.5 Å². The third kappa shape index (κ3) is 4.32. The van der Waals surface area contributed by atoms with Crippen molar-refractivity contribution in [2.24, 2.45) is 0 Å². The van der Waals surface area contributed by atoms with Gasteiger partial charge in [-0.15, -0.1) is 11.8 Å². The molecule has 102 valence electrons. The molecule has 0 spiro atoms. The third-order valence-corrected chi connectivity index (χ3v) is 3.94. The van der Waals surface area contributed by atoms with Crippen LogP contribution in [0.25, 0.3) is 0 Å². The van der Waals surface area contributed by atoms with E-state index in [2.05, 4.69) is 37.3 Å². The molecule has 0 heterocycles. The molecule has 0 unspecified atom stereocenters. The normalized spacial score (nSPS) is 10.0. The Morgan fingerprint density at radius 2 is 1.85 bits per heavy atom. The second-order valence-corrected chi connectivity index (χ2v) is 5.64. The van der Waals surface area contributed by atoms with Crippen LogP contribution in [0.4, 0.5) is 0 Å². The molecular formula is C17H17NOS. The molecule has 2 rings (SSSR count). The molecule has 0 atom stereocenters. The topological polar surface area (TPSA) is 33.0 Å². The maximum absolute atomic E-state index is 8.96. The van der Waals surface area contributed by atoms with Gasteiger partial charge in [0.2, 0.25) is 0 Å². The molecule has 20 heavy (non-hydrogen) atoms. The molecule has 2 aromatic carbocycles. The first-order chi connectivity index (χ1) is 9.79. The van der Waals surface area contributed by atoms with Gasteiger partial charge in [-0.1, -0.05) is 29.8 Å². The molecular weight excluding hydrogens is 266 g/mol. The summed E-state index contributed by atoms with van der Waals surface area (Å²) < 4.78 is 5.65. The highest BCUT2D eigenvalue weighted by atomic mass is 32.2. The summed E-state index contributed by atoms with van der Waals surface area (Å²) in [6.07, 6.45) is 0.957. The van der Waals surface area contributed by atoms with Crippen LogP contribution in [0, 0.1) is 18.3 Å². The summed E-state index contributed by atoms with van der Waals surface area (Å²) >= 11 is 1.83. The van der Waals surface area contributed by atoms with Crippen molar-refractivity contribution in [3.8, 4) is 11.8 Å². The van der Waals surface area contributed by atoms with Gasteiger partial charge in [-0.3, -0.25) is 0 Å². The molecule has 0 aromatic heterocycles. The standard InChI is InChI=1S/C17H17NOS/c1-14-7-9-16(10-8-14)20-12-4-11-19-17-6-3-2-5-15(17)13-18/h2-3,5-10H,4,11-12H2,1H3. The molecule has 0 bridgehead atoms. The van der Waals surface area contributed by atoms with E-state index in [0.29, 0.717) is 17.9 Å². The van der Waals surface area contributed by atoms with E-state index < -0.39 is 0 Å². The number of hydrogen-bond acceptors (Lipinski definition) is 3. The molecule has 0 aliphatic heterocycles. The predicted octanol–water partition coefficient (Wildman–Crippen LogP) is 4.43. The number of para-hydroxylation sites is 1. The average molecular weight is 283 g/mol. The zero-order valence-electron chi connectivity index (χ0n) is 11.5. The predicted molar refractivity (Wildman–Crippen MR) is 83.2 cm³/mol. The van der Waals surface area contributed by atoms with Gasteiger partial charge in [0.05, 0.1) is 12.2 Å². The van der Waals surface area contributed by atoms with E-state index in [-0.39, 0.29) is 0 Å². The second-order valence-electron chi connectivity index (χ2n) is 4.47. The summed E-state index contributed by atoms with van der Waals surface area (Å²) in [5.41, 5.74) is 1.88. The van der Waals surface area contributed by atoms with Gasteiger partial charge in [0.15, 0.2) is 0 Å². The first kappa shape index (κ1) is 14.5. The van der Waals surface area contributed by atoms with Gasteiger partial charge in [0.25, 0.3) is 0 Å². The Hall–Kier alpha value is -1.92. The molecule has 0 aliphatic carbocycles. The van der Waals surface area contributed by atoms with Crippen molar-refractivity contribution in [1.82, 2.24) is 0 Å². The number of aryl methyl sites for hydroxylation is 1. The molecule has 0 saturated carbocycles. The van der Waals surface area contributed by atoms with Crippen LogP contribution >= 0.6 is 11.8 Å². The van der Waals surface area contributed by atoms with Crippen LogP contribution in [0.15, 0.2) is 53.4 Å². The van der Waals surface area contributed by atoms with Crippen LogP contribution in [0.1, 0.15) is 17.5 Å². The fourth-order valence-electron chi connectivity index (χ4n) is 1.75. The summed E-state index contributed by atoms with van der Waals surface area (Å²) in [6.45, 7) is 2.73. The number of ether oxygens (including phenoxy) is 1. The van der Waals surface area contributed by atoms with Gasteiger partial charge in [0, 0.05) is 10.6 Å². The van der Waals surface area contributed by atoms with Crippen molar-refractivity contribution >= 4 is 11.8 Å². The highest BCUT2D eigenvalue weighted by molar-refractivity contribution is 7.99. The Kier molecular flexibility index (Phi) is 5.52. The Balaban J connectivity index is 1.72. The van der Waals surface area contributed by atoms with Crippen molar-refractivity contribution in [2.75, 3.05) is 12.4 Å². The first-order valence-electron chi connectivity index (χ1n) is 6.61. The van der Waals surface area contributed by atoms with Gasteiger partial charge < -0.3 is 4.74 Å². The Bertz CT molecular complexity index is 587. The van der Waals surface area contributed by atoms with Crippen molar-refractivity contribution in [3.05, 3.63) is 59.7 Å². The lowest BCUT2D eigenvalue weighted by atomic mass is 10.2. The van der Waals surface area contributed by atoms with E-state index in [1.54, 1.807) is 6.07 Å². The van der Waals surface area contributed by atoms with E-state index in [9.17, 15) is 0 Å². The molecule has 0 saturated heterocycles. The molecule has 0 radical (unpaired) electrons. The number of thioether (sulfide) groups is 1. The van der Waals surface area contributed by atoms with Gasteiger partial charge >= 0.3 is 0 Å². The quantitative estimate of drug-likeness (QED) is 0.581. The van der Waals surface area contributed by atoms with Crippen LogP contribution in [0.3, 0.4) is 0 Å². The number of hydrogen-bond donors (Lipinski definition) is 0. The fraction of sp³-hybridized carbons (Fsp3) is 0.235. The van der Waals surface area contributed by atoms with Gasteiger partial charge in [-0.2, -0.15) is 5.26 Å². The molecule has 0 N–H and O–H groups in total. The van der Waals surface area contributed by atoms with Crippen LogP contribution in [-0.2, 0) is 0 Å². The lowest BCUT2D eigenvalue weighted by Gasteiger charge is -2.07. The number of nitriles is 1. The first-order valence-corrected chi connectivity index (χ1v) is 7.59. The summed E-state index contributed by atoms with van der Waals surface area (Å²) in [6, 6.07) is 18.0. The van der Waals surface area contributed by atoms with Crippen molar-refractivity contribution in [1.29, 1.82) is 5.26 Å². The Morgan fingerprint density at radius 3 is 2.60 bits per heavy atom. The Morgan fingerprint density at radius 1 is 1.10 bits per heavy atom. The fourth-order valence-corrected chi connectivity index (χ4v) is 2.58. The smallest absolute Gasteiger partial charge is 0.137 e. The lowest BCUT2D eigenvalue weighted by molar-refractivity contribution is 0.318. The zero-order chi connectivity index (χ0) is 14.2. The number of rotatable bonds is 6. The summed E-state index contributed by atoms with van der Waals surface area (Å²) in [5.74, 6) is 1.69. The molecule has 0 amide bonds. The van der Waals surface area contributed by atoms with Crippen molar-refractivity contribution in [3.63, 3.8) is 0 Å². The molecule has 0 aliphatic rings. The van der Waals surface area contributed by atoms with Gasteiger partial charge in [-0.25, -0.2) is 0 Å². The molecule has 0 fully saturated rings. The van der Waals surface area contributed by atoms with Gasteiger partial charge in [-0.05, 0) is 37.6 Å². The highest BCUT2D eigenvalue weighted by Crippen LogP contribution is 2.20. The SMILES string of the molecule is Cc1ccc(SCCCOc2ccccc2C#N)cc1. The molecule has 2 nitrogen and oxygen atoms in total. The van der Waals surface area contributed by atoms with E-state index in [1.807, 2.05) is 30.0 Å². The summed E-state index contributed by atoms with van der Waals surface area (Å²) in [4.78, 5) is 1.29. The van der Waals surface area contributed by atoms with Crippen molar-refractivity contribution < 1.29 is 4.74 Å². The largest absolute Gasteiger partial charge is 0.492 e. The maximum atomic E-state index is 8.96. The number of nitrogens with zero attached hydrogens (tertiary/aromatic N) is 1. The minimum atomic E-state index is 0.596. The third-order valence-electron chi connectivity index (χ3n) is 2.84. The number of benzene rings is 2. The monoisotopic (exact) mass is 283 g/mol. The molecule has 2 aromatic rings. The minimum Gasteiger partial charge on any atom is -0.492 e. The maximum Gasteiger partial charge on any atom is 0.137 e. The lowest BCUT2D eigenvalue weighted by Crippen LogP contribution is -2.00. The van der Waals surface area contributed by atoms with Crippen LogP contribution in [0.5, 0.6) is 5.75 Å². The highest BCUT2D eigenvalue weighted by Gasteiger charge is 2.01.